The van der Waals surface area contributed by atoms with Crippen LogP contribution in [0.3, 0.4) is 0 Å². The molecule has 1 aliphatic rings. The number of ether oxygens (including phenoxy) is 1. The molecule has 0 saturated heterocycles. The van der Waals surface area contributed by atoms with E-state index >= 15 is 0 Å². The molecule has 3 nitrogen and oxygen atoms in total. The van der Waals surface area contributed by atoms with Crippen LogP contribution in [-0.2, 0) is 11.3 Å². The van der Waals surface area contributed by atoms with Gasteiger partial charge < -0.3 is 10.1 Å². The molecule has 22 heavy (non-hydrogen) atoms. The summed E-state index contributed by atoms with van der Waals surface area (Å²) < 4.78 is 5.48. The van der Waals surface area contributed by atoms with Crippen LogP contribution in [0.25, 0.3) is 22.0 Å². The lowest BCUT2D eigenvalue weighted by atomic mass is 9.95. The quantitative estimate of drug-likeness (QED) is 0.454. The lowest BCUT2D eigenvalue weighted by molar-refractivity contribution is 0.154. The van der Waals surface area contributed by atoms with Crippen LogP contribution in [0.5, 0.6) is 0 Å². The first-order valence-electron chi connectivity index (χ1n) is 7.16. The van der Waals surface area contributed by atoms with Crippen molar-refractivity contribution < 1.29 is 4.74 Å². The highest BCUT2D eigenvalue weighted by Crippen LogP contribution is 2.42. The maximum absolute atomic E-state index is 5.48. The van der Waals surface area contributed by atoms with E-state index in [0.717, 1.165) is 39.0 Å². The fourth-order valence-corrected chi connectivity index (χ4v) is 2.94. The topological polar surface area (TPSA) is 34.1 Å². The summed E-state index contributed by atoms with van der Waals surface area (Å²) in [4.78, 5) is 4.69. The van der Waals surface area contributed by atoms with Gasteiger partial charge in [-0.1, -0.05) is 36.3 Å². The van der Waals surface area contributed by atoms with E-state index in [1.807, 2.05) is 24.4 Å². The Kier molecular flexibility index (Phi) is 3.03. The molecular weight excluding hydrogens is 272 g/mol. The molecule has 0 bridgehead atoms. The summed E-state index contributed by atoms with van der Waals surface area (Å²) in [6, 6.07) is 14.5. The van der Waals surface area contributed by atoms with Gasteiger partial charge in [0.25, 0.3) is 0 Å². The minimum atomic E-state index is 0.310. The van der Waals surface area contributed by atoms with E-state index in [1.54, 1.807) is 0 Å². The van der Waals surface area contributed by atoms with Crippen LogP contribution in [-0.4, -0.2) is 11.6 Å². The number of benzene rings is 2. The SMILES string of the molecule is C#CCOCc1cnc2c3c(cccc13)Nc1ccccc1-2. The van der Waals surface area contributed by atoms with Crippen LogP contribution in [0.1, 0.15) is 5.56 Å². The van der Waals surface area contributed by atoms with Gasteiger partial charge in [0.05, 0.1) is 12.3 Å². The molecular formula is C19H14N2O. The second-order valence-electron chi connectivity index (χ2n) is 5.23. The second-order valence-corrected chi connectivity index (χ2v) is 5.23. The number of aromatic nitrogens is 1. The monoisotopic (exact) mass is 286 g/mol. The zero-order valence-corrected chi connectivity index (χ0v) is 12.0. The van der Waals surface area contributed by atoms with Gasteiger partial charge in [-0.25, -0.2) is 0 Å². The average molecular weight is 286 g/mol. The number of hydrogen-bond acceptors (Lipinski definition) is 3. The summed E-state index contributed by atoms with van der Waals surface area (Å²) in [6.45, 7) is 0.781. The standard InChI is InChI=1S/C19H14N2O/c1-2-10-22-12-13-11-20-19-15-6-3-4-8-16(15)21-17-9-5-7-14(13)18(17)19/h1,3-9,11,21H,10,12H2. The predicted octanol–water partition coefficient (Wildman–Crippen LogP) is 4.11. The zero-order chi connectivity index (χ0) is 14.9. The molecule has 106 valence electrons. The molecule has 0 aliphatic carbocycles. The number of rotatable bonds is 3. The van der Waals surface area contributed by atoms with Gasteiger partial charge in [-0.2, -0.15) is 0 Å². The van der Waals surface area contributed by atoms with Crippen LogP contribution in [0.15, 0.2) is 48.7 Å². The van der Waals surface area contributed by atoms with E-state index in [2.05, 4.69) is 40.5 Å². The molecule has 1 aliphatic heterocycles. The molecule has 0 spiro atoms. The number of fused-ring (bicyclic) bond motifs is 2. The van der Waals surface area contributed by atoms with E-state index in [-0.39, 0.29) is 0 Å². The van der Waals surface area contributed by atoms with Crippen molar-refractivity contribution in [2.45, 2.75) is 6.61 Å². The van der Waals surface area contributed by atoms with Crippen molar-refractivity contribution in [2.75, 3.05) is 11.9 Å². The molecule has 0 amide bonds. The third-order valence-corrected chi connectivity index (χ3v) is 3.89. The van der Waals surface area contributed by atoms with Gasteiger partial charge in [0, 0.05) is 34.1 Å². The summed E-state index contributed by atoms with van der Waals surface area (Å²) in [6.07, 6.45) is 7.13. The Hall–Kier alpha value is -2.83. The van der Waals surface area contributed by atoms with Crippen molar-refractivity contribution in [3.63, 3.8) is 0 Å². The highest BCUT2D eigenvalue weighted by molar-refractivity contribution is 6.10. The summed E-state index contributed by atoms with van der Waals surface area (Å²) in [7, 11) is 0. The summed E-state index contributed by atoms with van der Waals surface area (Å²) in [5, 5.41) is 5.78. The van der Waals surface area contributed by atoms with Gasteiger partial charge in [0.2, 0.25) is 0 Å². The van der Waals surface area contributed by atoms with Crippen molar-refractivity contribution in [1.29, 1.82) is 0 Å². The molecule has 3 aromatic rings. The lowest BCUT2D eigenvalue weighted by Gasteiger charge is -2.22. The molecule has 0 radical (unpaired) electrons. The Morgan fingerprint density at radius 2 is 1.95 bits per heavy atom. The molecule has 0 fully saturated rings. The highest BCUT2D eigenvalue weighted by atomic mass is 16.5. The zero-order valence-electron chi connectivity index (χ0n) is 12.0. The maximum Gasteiger partial charge on any atom is 0.107 e. The molecule has 4 rings (SSSR count). The molecule has 2 aromatic carbocycles. The number of nitrogens with one attached hydrogen (secondary N) is 1. The molecule has 0 atom stereocenters. The van der Waals surface area contributed by atoms with E-state index in [0.29, 0.717) is 13.2 Å². The minimum absolute atomic E-state index is 0.310. The Morgan fingerprint density at radius 1 is 1.09 bits per heavy atom. The van der Waals surface area contributed by atoms with E-state index in [1.165, 1.54) is 0 Å². The fraction of sp³-hybridized carbons (Fsp3) is 0.105. The van der Waals surface area contributed by atoms with Crippen molar-refractivity contribution in [2.24, 2.45) is 0 Å². The molecule has 3 heteroatoms. The Balaban J connectivity index is 1.92. The molecule has 0 saturated carbocycles. The van der Waals surface area contributed by atoms with Crippen molar-refractivity contribution in [1.82, 2.24) is 4.98 Å². The normalized spacial score (nSPS) is 11.6. The van der Waals surface area contributed by atoms with Crippen LogP contribution in [0.4, 0.5) is 11.4 Å². The largest absolute Gasteiger partial charge is 0.364 e. The van der Waals surface area contributed by atoms with Gasteiger partial charge in [-0.3, -0.25) is 4.98 Å². The van der Waals surface area contributed by atoms with Gasteiger partial charge in [0.1, 0.15) is 6.61 Å². The van der Waals surface area contributed by atoms with Gasteiger partial charge in [0.15, 0.2) is 0 Å². The molecule has 2 heterocycles. The number of hydrogen-bond donors (Lipinski definition) is 1. The fourth-order valence-electron chi connectivity index (χ4n) is 2.94. The Morgan fingerprint density at radius 3 is 2.86 bits per heavy atom. The molecule has 1 aromatic heterocycles. The first kappa shape index (κ1) is 12.9. The molecule has 1 N–H and O–H groups in total. The second kappa shape index (κ2) is 5.18. The van der Waals surface area contributed by atoms with E-state index in [4.69, 9.17) is 11.2 Å². The average Bonchev–Trinajstić information content (AvgIpc) is 2.57. The molecule has 0 unspecified atom stereocenters. The van der Waals surface area contributed by atoms with Crippen molar-refractivity contribution in [3.8, 4) is 23.6 Å². The Bertz CT molecular complexity index is 909. The highest BCUT2D eigenvalue weighted by Gasteiger charge is 2.19. The van der Waals surface area contributed by atoms with E-state index < -0.39 is 0 Å². The third-order valence-electron chi connectivity index (χ3n) is 3.89. The number of anilines is 2. The van der Waals surface area contributed by atoms with Gasteiger partial charge >= 0.3 is 0 Å². The van der Waals surface area contributed by atoms with Crippen LogP contribution < -0.4 is 5.32 Å². The lowest BCUT2D eigenvalue weighted by Crippen LogP contribution is -2.04. The number of terminal acetylenes is 1. The summed E-state index contributed by atoms with van der Waals surface area (Å²) in [5.74, 6) is 2.49. The van der Waals surface area contributed by atoms with Crippen molar-refractivity contribution in [3.05, 3.63) is 54.2 Å². The first-order valence-corrected chi connectivity index (χ1v) is 7.16. The maximum atomic E-state index is 5.48. The predicted molar refractivity (Wildman–Crippen MR) is 89.0 cm³/mol. The minimum Gasteiger partial charge on any atom is -0.364 e. The van der Waals surface area contributed by atoms with Crippen LogP contribution in [0.2, 0.25) is 0 Å². The number of pyridine rings is 1. The Labute approximate surface area is 129 Å². The van der Waals surface area contributed by atoms with Gasteiger partial charge in [-0.05, 0) is 17.5 Å². The summed E-state index contributed by atoms with van der Waals surface area (Å²) in [5.41, 5.74) is 5.36. The number of para-hydroxylation sites is 1. The van der Waals surface area contributed by atoms with Crippen LogP contribution >= 0.6 is 0 Å². The van der Waals surface area contributed by atoms with Gasteiger partial charge in [-0.15, -0.1) is 6.42 Å². The van der Waals surface area contributed by atoms with Crippen molar-refractivity contribution >= 4 is 22.1 Å². The smallest absolute Gasteiger partial charge is 0.107 e. The van der Waals surface area contributed by atoms with E-state index in [9.17, 15) is 0 Å². The first-order chi connectivity index (χ1) is 10.9. The number of nitrogens with zero attached hydrogens (tertiary/aromatic N) is 1. The van der Waals surface area contributed by atoms with Crippen LogP contribution in [0, 0.1) is 12.3 Å². The summed E-state index contributed by atoms with van der Waals surface area (Å²) >= 11 is 0. The third kappa shape index (κ3) is 1.93.